The summed E-state index contributed by atoms with van der Waals surface area (Å²) in [5, 5.41) is 4.57. The van der Waals surface area contributed by atoms with Crippen LogP contribution < -0.4 is 5.32 Å². The predicted molar refractivity (Wildman–Crippen MR) is 87.8 cm³/mol. The lowest BCUT2D eigenvalue weighted by Gasteiger charge is -2.01. The Bertz CT molecular complexity index is 175. The van der Waals surface area contributed by atoms with E-state index in [0.29, 0.717) is 0 Å². The number of hydrogen-bond donors (Lipinski definition) is 0. The lowest BCUT2D eigenvalue weighted by molar-refractivity contribution is 0.568. The molecule has 0 aliphatic heterocycles. The van der Waals surface area contributed by atoms with Gasteiger partial charge in [0.2, 0.25) is 0 Å². The highest BCUT2D eigenvalue weighted by atomic mass is 14.8. The van der Waals surface area contributed by atoms with Crippen molar-refractivity contribution in [3.05, 3.63) is 12.2 Å². The van der Waals surface area contributed by atoms with E-state index in [1.165, 1.54) is 77.0 Å². The maximum atomic E-state index is 4.57. The molecule has 0 bridgehead atoms. The molecule has 0 atom stereocenters. The second kappa shape index (κ2) is 17.7. The standard InChI is InChI=1S/C18H36N/c1-3-5-7-8-9-10-11-12-13-14-16-18-19-17-15-6-4-2/h10-11H,3-9,12-18H2,1-2H3. The van der Waals surface area contributed by atoms with Gasteiger partial charge in [0, 0.05) is 13.1 Å². The second-order valence-corrected chi connectivity index (χ2v) is 5.55. The summed E-state index contributed by atoms with van der Waals surface area (Å²) in [5.41, 5.74) is 0. The Labute approximate surface area is 122 Å². The summed E-state index contributed by atoms with van der Waals surface area (Å²) < 4.78 is 0. The van der Waals surface area contributed by atoms with Gasteiger partial charge in [-0.1, -0.05) is 64.5 Å². The minimum atomic E-state index is 1.09. The molecule has 0 aromatic rings. The Kier molecular flexibility index (Phi) is 17.4. The van der Waals surface area contributed by atoms with Crippen molar-refractivity contribution < 1.29 is 0 Å². The van der Waals surface area contributed by atoms with Crippen LogP contribution in [-0.4, -0.2) is 13.1 Å². The quantitative estimate of drug-likeness (QED) is 0.260. The summed E-state index contributed by atoms with van der Waals surface area (Å²) in [7, 11) is 0. The van der Waals surface area contributed by atoms with Crippen LogP contribution in [0.4, 0.5) is 0 Å². The van der Waals surface area contributed by atoms with Crippen molar-refractivity contribution >= 4 is 0 Å². The van der Waals surface area contributed by atoms with Crippen LogP contribution in [0.5, 0.6) is 0 Å². The molecule has 0 amide bonds. The minimum absolute atomic E-state index is 1.09. The Morgan fingerprint density at radius 3 is 1.63 bits per heavy atom. The Balaban J connectivity index is 2.99. The molecule has 1 heteroatoms. The van der Waals surface area contributed by atoms with E-state index in [-0.39, 0.29) is 0 Å². The van der Waals surface area contributed by atoms with Crippen LogP contribution in [0, 0.1) is 0 Å². The van der Waals surface area contributed by atoms with Crippen LogP contribution in [-0.2, 0) is 0 Å². The molecule has 0 N–H and O–H groups in total. The van der Waals surface area contributed by atoms with Crippen LogP contribution >= 0.6 is 0 Å². The Morgan fingerprint density at radius 1 is 0.579 bits per heavy atom. The maximum Gasteiger partial charge on any atom is 0.0133 e. The SMILES string of the molecule is CCCCCCC=CCCCCC[N]CCCCC. The van der Waals surface area contributed by atoms with Crippen molar-refractivity contribution in [3.8, 4) is 0 Å². The summed E-state index contributed by atoms with van der Waals surface area (Å²) >= 11 is 0. The number of nitrogens with zero attached hydrogens (tertiary/aromatic N) is 1. The first-order chi connectivity index (χ1) is 9.41. The molecule has 0 aliphatic carbocycles. The van der Waals surface area contributed by atoms with E-state index < -0.39 is 0 Å². The fraction of sp³-hybridized carbons (Fsp3) is 0.889. The maximum absolute atomic E-state index is 4.57. The van der Waals surface area contributed by atoms with Gasteiger partial charge in [-0.2, -0.15) is 0 Å². The smallest absolute Gasteiger partial charge is 0.0133 e. The molecule has 0 rings (SSSR count). The molecular formula is C18H36N. The molecule has 0 fully saturated rings. The zero-order chi connectivity index (χ0) is 14.0. The average molecular weight is 266 g/mol. The van der Waals surface area contributed by atoms with Gasteiger partial charge < -0.3 is 0 Å². The molecule has 1 nitrogen and oxygen atoms in total. The van der Waals surface area contributed by atoms with Crippen molar-refractivity contribution in [2.45, 2.75) is 90.9 Å². The number of unbranched alkanes of at least 4 members (excludes halogenated alkanes) is 9. The lowest BCUT2D eigenvalue weighted by atomic mass is 10.1. The highest BCUT2D eigenvalue weighted by Crippen LogP contribution is 2.05. The molecular weight excluding hydrogens is 230 g/mol. The van der Waals surface area contributed by atoms with Crippen molar-refractivity contribution in [2.75, 3.05) is 13.1 Å². The number of hydrogen-bond acceptors (Lipinski definition) is 0. The molecule has 1 radical (unpaired) electrons. The van der Waals surface area contributed by atoms with Crippen molar-refractivity contribution in [1.82, 2.24) is 5.32 Å². The highest BCUT2D eigenvalue weighted by molar-refractivity contribution is 4.81. The van der Waals surface area contributed by atoms with E-state index in [1.54, 1.807) is 0 Å². The Morgan fingerprint density at radius 2 is 1.05 bits per heavy atom. The summed E-state index contributed by atoms with van der Waals surface area (Å²) in [4.78, 5) is 0. The van der Waals surface area contributed by atoms with Crippen molar-refractivity contribution in [2.24, 2.45) is 0 Å². The van der Waals surface area contributed by atoms with Crippen molar-refractivity contribution in [3.63, 3.8) is 0 Å². The van der Waals surface area contributed by atoms with Gasteiger partial charge >= 0.3 is 0 Å². The molecule has 0 spiro atoms. The topological polar surface area (TPSA) is 14.1 Å². The summed E-state index contributed by atoms with van der Waals surface area (Å²) in [6.45, 7) is 6.69. The van der Waals surface area contributed by atoms with Crippen LogP contribution in [0.2, 0.25) is 0 Å². The fourth-order valence-corrected chi connectivity index (χ4v) is 2.17. The summed E-state index contributed by atoms with van der Waals surface area (Å²) in [6.07, 6.45) is 20.7. The molecule has 113 valence electrons. The van der Waals surface area contributed by atoms with Crippen LogP contribution in [0.25, 0.3) is 0 Å². The molecule has 0 aromatic carbocycles. The highest BCUT2D eigenvalue weighted by Gasteiger charge is 1.91. The molecule has 0 aromatic heterocycles. The zero-order valence-corrected chi connectivity index (χ0v) is 13.5. The second-order valence-electron chi connectivity index (χ2n) is 5.55. The predicted octanol–water partition coefficient (Wildman–Crippen LogP) is 5.87. The number of allylic oxidation sites excluding steroid dienone is 2. The molecule has 0 saturated carbocycles. The van der Waals surface area contributed by atoms with Crippen LogP contribution in [0.15, 0.2) is 12.2 Å². The molecule has 0 unspecified atom stereocenters. The lowest BCUT2D eigenvalue weighted by Crippen LogP contribution is -2.08. The summed E-state index contributed by atoms with van der Waals surface area (Å²) in [5.74, 6) is 0. The van der Waals surface area contributed by atoms with Gasteiger partial charge in [0.25, 0.3) is 0 Å². The van der Waals surface area contributed by atoms with E-state index >= 15 is 0 Å². The average Bonchev–Trinajstić information content (AvgIpc) is 2.43. The van der Waals surface area contributed by atoms with Gasteiger partial charge in [-0.15, -0.1) is 0 Å². The van der Waals surface area contributed by atoms with Gasteiger partial charge in [0.1, 0.15) is 0 Å². The molecule has 19 heavy (non-hydrogen) atoms. The van der Waals surface area contributed by atoms with E-state index in [1.807, 2.05) is 0 Å². The first-order valence-corrected chi connectivity index (χ1v) is 8.70. The van der Waals surface area contributed by atoms with E-state index in [9.17, 15) is 0 Å². The van der Waals surface area contributed by atoms with Gasteiger partial charge in [0.05, 0.1) is 0 Å². The van der Waals surface area contributed by atoms with Gasteiger partial charge in [0.15, 0.2) is 0 Å². The molecule has 0 saturated heterocycles. The van der Waals surface area contributed by atoms with Crippen molar-refractivity contribution in [1.29, 1.82) is 0 Å². The minimum Gasteiger partial charge on any atom is -0.242 e. The van der Waals surface area contributed by atoms with E-state index in [2.05, 4.69) is 31.3 Å². The normalized spacial score (nSPS) is 11.5. The largest absolute Gasteiger partial charge is 0.242 e. The Hall–Kier alpha value is -0.300. The zero-order valence-electron chi connectivity index (χ0n) is 13.5. The first kappa shape index (κ1) is 18.7. The number of rotatable bonds is 15. The summed E-state index contributed by atoms with van der Waals surface area (Å²) in [6, 6.07) is 0. The first-order valence-electron chi connectivity index (χ1n) is 8.70. The third kappa shape index (κ3) is 17.7. The van der Waals surface area contributed by atoms with Gasteiger partial charge in [-0.05, 0) is 38.5 Å². The monoisotopic (exact) mass is 266 g/mol. The van der Waals surface area contributed by atoms with E-state index in [0.717, 1.165) is 13.1 Å². The third-order valence-corrected chi connectivity index (χ3v) is 3.50. The van der Waals surface area contributed by atoms with Crippen LogP contribution in [0.1, 0.15) is 90.9 Å². The molecule has 0 aliphatic rings. The van der Waals surface area contributed by atoms with Crippen LogP contribution in [0.3, 0.4) is 0 Å². The molecule has 0 heterocycles. The van der Waals surface area contributed by atoms with Gasteiger partial charge in [-0.3, -0.25) is 0 Å². The fourth-order valence-electron chi connectivity index (χ4n) is 2.17. The third-order valence-electron chi connectivity index (χ3n) is 3.50. The van der Waals surface area contributed by atoms with E-state index in [4.69, 9.17) is 0 Å². The van der Waals surface area contributed by atoms with Gasteiger partial charge in [-0.25, -0.2) is 5.32 Å².